The first kappa shape index (κ1) is 13.1. The summed E-state index contributed by atoms with van der Waals surface area (Å²) in [6, 6.07) is 12.4. The Balaban J connectivity index is 1.98. The molecule has 0 radical (unpaired) electrons. The molecule has 2 aromatic heterocycles. The van der Waals surface area contributed by atoms with E-state index in [4.69, 9.17) is 4.42 Å². The van der Waals surface area contributed by atoms with Gasteiger partial charge in [-0.3, -0.25) is 4.79 Å². The van der Waals surface area contributed by atoms with Crippen molar-refractivity contribution in [1.82, 2.24) is 4.57 Å². The van der Waals surface area contributed by atoms with E-state index in [2.05, 4.69) is 0 Å². The van der Waals surface area contributed by atoms with Crippen molar-refractivity contribution < 1.29 is 9.21 Å². The van der Waals surface area contributed by atoms with Gasteiger partial charge in [0.05, 0.1) is 0 Å². The van der Waals surface area contributed by atoms with E-state index in [1.165, 1.54) is 6.08 Å². The Labute approximate surface area is 120 Å². The molecule has 0 saturated heterocycles. The third kappa shape index (κ3) is 2.56. The molecule has 0 amide bonds. The summed E-state index contributed by atoms with van der Waals surface area (Å²) in [7, 11) is 1.88. The number of para-hydroxylation sites is 1. The lowest BCUT2D eigenvalue weighted by Gasteiger charge is -1.99. The van der Waals surface area contributed by atoms with Gasteiger partial charge >= 0.3 is 5.63 Å². The topological polar surface area (TPSA) is 52.2 Å². The van der Waals surface area contributed by atoms with Crippen LogP contribution in [0.15, 0.2) is 63.9 Å². The van der Waals surface area contributed by atoms with Crippen molar-refractivity contribution >= 4 is 22.8 Å². The van der Waals surface area contributed by atoms with Crippen molar-refractivity contribution in [2.75, 3.05) is 0 Å². The molecule has 0 atom stereocenters. The minimum absolute atomic E-state index is 0.0409. The zero-order chi connectivity index (χ0) is 14.8. The number of carbonyl (C=O) groups is 1. The van der Waals surface area contributed by atoms with E-state index in [0.29, 0.717) is 5.58 Å². The Morgan fingerprint density at radius 3 is 2.76 bits per heavy atom. The minimum Gasteiger partial charge on any atom is -0.422 e. The summed E-state index contributed by atoms with van der Waals surface area (Å²) in [5, 5.41) is 0.729. The van der Waals surface area contributed by atoms with Crippen LogP contribution in [0.1, 0.15) is 16.1 Å². The third-order valence-electron chi connectivity index (χ3n) is 3.30. The average Bonchev–Trinajstić information content (AvgIpc) is 2.89. The van der Waals surface area contributed by atoms with Gasteiger partial charge in [0.1, 0.15) is 11.1 Å². The molecule has 0 aliphatic heterocycles. The van der Waals surface area contributed by atoms with Crippen molar-refractivity contribution in [1.29, 1.82) is 0 Å². The average molecular weight is 279 g/mol. The number of aromatic nitrogens is 1. The standard InChI is InChI=1S/C17H13NO3/c1-18-10-4-6-13(18)8-9-15(19)14-11-12-5-2-3-7-16(12)21-17(14)20/h2-11H,1H3. The molecular weight excluding hydrogens is 266 g/mol. The number of ketones is 1. The van der Waals surface area contributed by atoms with Crippen molar-refractivity contribution in [3.05, 3.63) is 76.4 Å². The van der Waals surface area contributed by atoms with Gasteiger partial charge < -0.3 is 8.98 Å². The fraction of sp³-hybridized carbons (Fsp3) is 0.0588. The second kappa shape index (κ2) is 5.25. The molecular formula is C17H13NO3. The normalized spacial score (nSPS) is 11.3. The quantitative estimate of drug-likeness (QED) is 0.420. The fourth-order valence-electron chi connectivity index (χ4n) is 2.13. The van der Waals surface area contributed by atoms with Gasteiger partial charge in [0.2, 0.25) is 0 Å². The number of aryl methyl sites for hydroxylation is 1. The number of allylic oxidation sites excluding steroid dienone is 1. The first-order chi connectivity index (χ1) is 10.1. The highest BCUT2D eigenvalue weighted by atomic mass is 16.4. The van der Waals surface area contributed by atoms with Crippen LogP contribution in [0.3, 0.4) is 0 Å². The first-order valence-electron chi connectivity index (χ1n) is 6.52. The van der Waals surface area contributed by atoms with Crippen LogP contribution in [0, 0.1) is 0 Å². The lowest BCUT2D eigenvalue weighted by atomic mass is 10.1. The number of rotatable bonds is 3. The smallest absolute Gasteiger partial charge is 0.347 e. The van der Waals surface area contributed by atoms with Crippen molar-refractivity contribution in [3.8, 4) is 0 Å². The highest BCUT2D eigenvalue weighted by Gasteiger charge is 2.11. The molecule has 0 bridgehead atoms. The van der Waals surface area contributed by atoms with E-state index in [1.54, 1.807) is 30.3 Å². The second-order valence-electron chi connectivity index (χ2n) is 4.73. The lowest BCUT2D eigenvalue weighted by molar-refractivity contribution is 0.104. The summed E-state index contributed by atoms with van der Waals surface area (Å²) >= 11 is 0. The predicted molar refractivity (Wildman–Crippen MR) is 81.3 cm³/mol. The van der Waals surface area contributed by atoms with E-state index in [1.807, 2.05) is 36.0 Å². The summed E-state index contributed by atoms with van der Waals surface area (Å²) in [5.41, 5.74) is 0.786. The van der Waals surface area contributed by atoms with E-state index < -0.39 is 5.63 Å². The predicted octanol–water partition coefficient (Wildman–Crippen LogP) is 3.03. The van der Waals surface area contributed by atoms with E-state index >= 15 is 0 Å². The molecule has 0 aliphatic rings. The number of hydrogen-bond acceptors (Lipinski definition) is 3. The Morgan fingerprint density at radius 1 is 1.19 bits per heavy atom. The molecule has 3 rings (SSSR count). The van der Waals surface area contributed by atoms with Crippen LogP contribution in [-0.2, 0) is 7.05 Å². The molecule has 0 saturated carbocycles. The maximum Gasteiger partial charge on any atom is 0.347 e. The third-order valence-corrected chi connectivity index (χ3v) is 3.30. The Bertz CT molecular complexity index is 900. The zero-order valence-corrected chi connectivity index (χ0v) is 11.4. The van der Waals surface area contributed by atoms with Gasteiger partial charge in [-0.1, -0.05) is 18.2 Å². The molecule has 2 heterocycles. The Hall–Kier alpha value is -2.88. The summed E-state index contributed by atoms with van der Waals surface area (Å²) in [6.45, 7) is 0. The SMILES string of the molecule is Cn1cccc1C=CC(=O)c1cc2ccccc2oc1=O. The van der Waals surface area contributed by atoms with Crippen LogP contribution in [0.2, 0.25) is 0 Å². The van der Waals surface area contributed by atoms with E-state index in [-0.39, 0.29) is 11.3 Å². The second-order valence-corrected chi connectivity index (χ2v) is 4.73. The molecule has 0 spiro atoms. The monoisotopic (exact) mass is 279 g/mol. The largest absolute Gasteiger partial charge is 0.422 e. The fourth-order valence-corrected chi connectivity index (χ4v) is 2.13. The van der Waals surface area contributed by atoms with Gasteiger partial charge in [-0.05, 0) is 36.4 Å². The number of benzene rings is 1. The van der Waals surface area contributed by atoms with Gasteiger partial charge in [0.15, 0.2) is 5.78 Å². The zero-order valence-electron chi connectivity index (χ0n) is 11.4. The number of fused-ring (bicyclic) bond motifs is 1. The molecule has 104 valence electrons. The summed E-state index contributed by atoms with van der Waals surface area (Å²) in [4.78, 5) is 24.0. The van der Waals surface area contributed by atoms with Crippen molar-refractivity contribution in [2.45, 2.75) is 0 Å². The highest BCUT2D eigenvalue weighted by molar-refractivity contribution is 6.07. The van der Waals surface area contributed by atoms with Crippen molar-refractivity contribution in [2.24, 2.45) is 7.05 Å². The molecule has 3 aromatic rings. The van der Waals surface area contributed by atoms with Crippen LogP contribution < -0.4 is 5.63 Å². The molecule has 4 nitrogen and oxygen atoms in total. The Kier molecular flexibility index (Phi) is 3.28. The maximum atomic E-state index is 12.2. The van der Waals surface area contributed by atoms with Crippen molar-refractivity contribution in [3.63, 3.8) is 0 Å². The molecule has 0 fully saturated rings. The van der Waals surface area contributed by atoms with Crippen LogP contribution in [-0.4, -0.2) is 10.4 Å². The molecule has 0 unspecified atom stereocenters. The maximum absolute atomic E-state index is 12.2. The van der Waals surface area contributed by atoms with Gasteiger partial charge in [0.25, 0.3) is 0 Å². The highest BCUT2D eigenvalue weighted by Crippen LogP contribution is 2.13. The number of carbonyl (C=O) groups excluding carboxylic acids is 1. The number of nitrogens with zero attached hydrogens (tertiary/aromatic N) is 1. The molecule has 0 aliphatic carbocycles. The van der Waals surface area contributed by atoms with Crippen LogP contribution >= 0.6 is 0 Å². The van der Waals surface area contributed by atoms with E-state index in [9.17, 15) is 9.59 Å². The minimum atomic E-state index is -0.616. The lowest BCUT2D eigenvalue weighted by Crippen LogP contribution is -2.11. The van der Waals surface area contributed by atoms with Gasteiger partial charge in [0, 0.05) is 24.3 Å². The Morgan fingerprint density at radius 2 is 2.00 bits per heavy atom. The van der Waals surface area contributed by atoms with Gasteiger partial charge in [-0.15, -0.1) is 0 Å². The van der Waals surface area contributed by atoms with Gasteiger partial charge in [-0.2, -0.15) is 0 Å². The van der Waals surface area contributed by atoms with Gasteiger partial charge in [-0.25, -0.2) is 4.79 Å². The summed E-state index contributed by atoms with van der Waals surface area (Å²) in [5.74, 6) is -0.365. The van der Waals surface area contributed by atoms with E-state index in [0.717, 1.165) is 11.1 Å². The van der Waals surface area contributed by atoms with Crippen LogP contribution in [0.25, 0.3) is 17.0 Å². The summed E-state index contributed by atoms with van der Waals surface area (Å²) < 4.78 is 7.04. The molecule has 0 N–H and O–H groups in total. The van der Waals surface area contributed by atoms with Crippen LogP contribution in [0.5, 0.6) is 0 Å². The first-order valence-corrected chi connectivity index (χ1v) is 6.52. The van der Waals surface area contributed by atoms with Crippen LogP contribution in [0.4, 0.5) is 0 Å². The molecule has 4 heteroatoms. The summed E-state index contributed by atoms with van der Waals surface area (Å²) in [6.07, 6.45) is 4.95. The number of hydrogen-bond donors (Lipinski definition) is 0. The molecule has 1 aromatic carbocycles. The molecule has 21 heavy (non-hydrogen) atoms.